The van der Waals surface area contributed by atoms with E-state index in [0.717, 1.165) is 25.4 Å². The second-order valence-electron chi connectivity index (χ2n) is 5.39. The molecular formula is C14H22N2O. The number of hydrogen-bond acceptors (Lipinski definition) is 3. The number of hydrogen-bond donors (Lipinski definition) is 1. The van der Waals surface area contributed by atoms with Crippen molar-refractivity contribution >= 4 is 5.69 Å². The van der Waals surface area contributed by atoms with Gasteiger partial charge >= 0.3 is 0 Å². The molecular weight excluding hydrogens is 212 g/mol. The van der Waals surface area contributed by atoms with Gasteiger partial charge < -0.3 is 15.0 Å². The molecule has 0 spiro atoms. The molecule has 1 fully saturated rings. The minimum absolute atomic E-state index is 0.187. The van der Waals surface area contributed by atoms with Gasteiger partial charge in [-0.25, -0.2) is 0 Å². The highest BCUT2D eigenvalue weighted by atomic mass is 16.5. The lowest BCUT2D eigenvalue weighted by atomic mass is 10.0. The molecule has 1 aliphatic heterocycles. The van der Waals surface area contributed by atoms with Gasteiger partial charge in [-0.2, -0.15) is 0 Å². The minimum atomic E-state index is 0.187. The first kappa shape index (κ1) is 12.2. The number of nitrogens with one attached hydrogen (secondary N) is 1. The Bertz CT molecular complexity index is 401. The number of piperazine rings is 1. The summed E-state index contributed by atoms with van der Waals surface area (Å²) >= 11 is 0. The van der Waals surface area contributed by atoms with E-state index < -0.39 is 0 Å². The third kappa shape index (κ3) is 2.72. The molecule has 0 aromatic heterocycles. The largest absolute Gasteiger partial charge is 0.496 e. The van der Waals surface area contributed by atoms with Gasteiger partial charge in [0.1, 0.15) is 5.75 Å². The van der Waals surface area contributed by atoms with E-state index in [4.69, 9.17) is 4.74 Å². The number of nitrogens with zero attached hydrogens (tertiary/aromatic N) is 1. The Morgan fingerprint density at radius 1 is 1.35 bits per heavy atom. The molecule has 1 aromatic rings. The Balaban J connectivity index is 2.19. The number of benzene rings is 1. The third-order valence-electron chi connectivity index (χ3n) is 3.31. The van der Waals surface area contributed by atoms with E-state index in [1.165, 1.54) is 11.3 Å². The average Bonchev–Trinajstić information content (AvgIpc) is 2.27. The van der Waals surface area contributed by atoms with Crippen LogP contribution in [0, 0.1) is 6.92 Å². The summed E-state index contributed by atoms with van der Waals surface area (Å²) in [6, 6.07) is 6.41. The summed E-state index contributed by atoms with van der Waals surface area (Å²) in [6.07, 6.45) is 0. The van der Waals surface area contributed by atoms with Crippen molar-refractivity contribution in [2.24, 2.45) is 0 Å². The molecule has 0 radical (unpaired) electrons. The smallest absolute Gasteiger partial charge is 0.121 e. The number of aryl methyl sites for hydroxylation is 1. The number of ether oxygens (including phenoxy) is 1. The number of methoxy groups -OCH3 is 1. The van der Waals surface area contributed by atoms with Crippen molar-refractivity contribution in [3.05, 3.63) is 23.8 Å². The zero-order valence-corrected chi connectivity index (χ0v) is 11.2. The van der Waals surface area contributed by atoms with E-state index in [1.807, 2.05) is 0 Å². The molecule has 94 valence electrons. The summed E-state index contributed by atoms with van der Waals surface area (Å²) in [6.45, 7) is 9.73. The Hall–Kier alpha value is -1.22. The van der Waals surface area contributed by atoms with Gasteiger partial charge in [-0.1, -0.05) is 0 Å². The van der Waals surface area contributed by atoms with Crippen LogP contribution in [-0.2, 0) is 0 Å². The first-order valence-electron chi connectivity index (χ1n) is 6.16. The first-order chi connectivity index (χ1) is 8.02. The fourth-order valence-electron chi connectivity index (χ4n) is 2.42. The van der Waals surface area contributed by atoms with Crippen LogP contribution in [0.1, 0.15) is 19.4 Å². The van der Waals surface area contributed by atoms with Crippen LogP contribution in [0.2, 0.25) is 0 Å². The van der Waals surface area contributed by atoms with E-state index >= 15 is 0 Å². The molecule has 3 nitrogen and oxygen atoms in total. The third-order valence-corrected chi connectivity index (χ3v) is 3.31. The topological polar surface area (TPSA) is 24.5 Å². The van der Waals surface area contributed by atoms with Crippen LogP contribution >= 0.6 is 0 Å². The molecule has 2 rings (SSSR count). The van der Waals surface area contributed by atoms with Gasteiger partial charge in [0.05, 0.1) is 7.11 Å². The summed E-state index contributed by atoms with van der Waals surface area (Å²) < 4.78 is 5.30. The maximum Gasteiger partial charge on any atom is 0.121 e. The molecule has 17 heavy (non-hydrogen) atoms. The van der Waals surface area contributed by atoms with Crippen LogP contribution in [0.4, 0.5) is 5.69 Å². The highest BCUT2D eigenvalue weighted by Gasteiger charge is 2.25. The molecule has 1 N–H and O–H groups in total. The molecule has 0 bridgehead atoms. The molecule has 0 atom stereocenters. The molecule has 3 heteroatoms. The van der Waals surface area contributed by atoms with Crippen LogP contribution in [0.3, 0.4) is 0 Å². The van der Waals surface area contributed by atoms with Crippen LogP contribution in [0.15, 0.2) is 18.2 Å². The van der Waals surface area contributed by atoms with Gasteiger partial charge in [0, 0.05) is 30.9 Å². The van der Waals surface area contributed by atoms with Gasteiger partial charge in [-0.15, -0.1) is 0 Å². The highest BCUT2D eigenvalue weighted by molar-refractivity contribution is 5.53. The Morgan fingerprint density at radius 3 is 2.71 bits per heavy atom. The summed E-state index contributed by atoms with van der Waals surface area (Å²) in [4.78, 5) is 2.43. The zero-order chi connectivity index (χ0) is 12.5. The molecule has 1 heterocycles. The molecule has 1 saturated heterocycles. The van der Waals surface area contributed by atoms with Crippen LogP contribution in [-0.4, -0.2) is 32.3 Å². The average molecular weight is 234 g/mol. The lowest BCUT2D eigenvalue weighted by Crippen LogP contribution is -2.57. The van der Waals surface area contributed by atoms with Gasteiger partial charge in [-0.05, 0) is 44.5 Å². The standard InChI is InChI=1S/C14H22N2O/c1-11-9-12(5-6-13(11)17-4)16-8-7-15-14(2,3)10-16/h5-6,9,15H,7-8,10H2,1-4H3. The van der Waals surface area contributed by atoms with Gasteiger partial charge in [0.2, 0.25) is 0 Å². The van der Waals surface area contributed by atoms with Crippen LogP contribution in [0.5, 0.6) is 5.75 Å². The lowest BCUT2D eigenvalue weighted by molar-refractivity contribution is 0.353. The van der Waals surface area contributed by atoms with E-state index in [2.05, 4.69) is 49.2 Å². The predicted octanol–water partition coefficient (Wildman–Crippen LogP) is 2.19. The SMILES string of the molecule is COc1ccc(N2CCNC(C)(C)C2)cc1C. The lowest BCUT2D eigenvalue weighted by Gasteiger charge is -2.40. The summed E-state index contributed by atoms with van der Waals surface area (Å²) in [5, 5.41) is 3.53. The van der Waals surface area contributed by atoms with Crippen molar-refractivity contribution in [2.45, 2.75) is 26.3 Å². The summed E-state index contributed by atoms with van der Waals surface area (Å²) in [5.74, 6) is 0.961. The van der Waals surface area contributed by atoms with Crippen molar-refractivity contribution in [2.75, 3.05) is 31.6 Å². The Labute approximate surface area is 104 Å². The monoisotopic (exact) mass is 234 g/mol. The van der Waals surface area contributed by atoms with Gasteiger partial charge in [0.15, 0.2) is 0 Å². The van der Waals surface area contributed by atoms with E-state index in [9.17, 15) is 0 Å². The molecule has 1 aromatic carbocycles. The summed E-state index contributed by atoms with van der Waals surface area (Å²) in [5.41, 5.74) is 2.67. The minimum Gasteiger partial charge on any atom is -0.496 e. The molecule has 0 amide bonds. The van der Waals surface area contributed by atoms with Crippen molar-refractivity contribution in [1.82, 2.24) is 5.32 Å². The Morgan fingerprint density at radius 2 is 2.12 bits per heavy atom. The molecule has 0 unspecified atom stereocenters. The van der Waals surface area contributed by atoms with Gasteiger partial charge in [-0.3, -0.25) is 0 Å². The fraction of sp³-hybridized carbons (Fsp3) is 0.571. The van der Waals surface area contributed by atoms with Crippen LogP contribution < -0.4 is 15.0 Å². The van der Waals surface area contributed by atoms with Crippen LogP contribution in [0.25, 0.3) is 0 Å². The molecule has 1 aliphatic rings. The predicted molar refractivity (Wildman–Crippen MR) is 72.0 cm³/mol. The maximum atomic E-state index is 5.30. The van der Waals surface area contributed by atoms with E-state index in [-0.39, 0.29) is 5.54 Å². The maximum absolute atomic E-state index is 5.30. The normalized spacial score (nSPS) is 19.2. The first-order valence-corrected chi connectivity index (χ1v) is 6.16. The van der Waals surface area contributed by atoms with Crippen molar-refractivity contribution in [1.29, 1.82) is 0 Å². The zero-order valence-electron chi connectivity index (χ0n) is 11.2. The van der Waals surface area contributed by atoms with Gasteiger partial charge in [0.25, 0.3) is 0 Å². The van der Waals surface area contributed by atoms with E-state index in [0.29, 0.717) is 0 Å². The Kier molecular flexibility index (Phi) is 3.29. The molecule has 0 aliphatic carbocycles. The van der Waals surface area contributed by atoms with Crippen molar-refractivity contribution < 1.29 is 4.74 Å². The number of anilines is 1. The quantitative estimate of drug-likeness (QED) is 0.849. The number of rotatable bonds is 2. The fourth-order valence-corrected chi connectivity index (χ4v) is 2.42. The van der Waals surface area contributed by atoms with Crippen molar-refractivity contribution in [3.63, 3.8) is 0 Å². The highest BCUT2D eigenvalue weighted by Crippen LogP contribution is 2.26. The summed E-state index contributed by atoms with van der Waals surface area (Å²) in [7, 11) is 1.72. The van der Waals surface area contributed by atoms with Crippen molar-refractivity contribution in [3.8, 4) is 5.75 Å². The van der Waals surface area contributed by atoms with E-state index in [1.54, 1.807) is 7.11 Å². The second kappa shape index (κ2) is 4.57. The second-order valence-corrected chi connectivity index (χ2v) is 5.39. The molecule has 0 saturated carbocycles.